The molecule has 0 radical (unpaired) electrons. The van der Waals surface area contributed by atoms with Crippen LogP contribution in [-0.4, -0.2) is 9.97 Å². The molecule has 0 spiro atoms. The van der Waals surface area contributed by atoms with E-state index in [2.05, 4.69) is 15.3 Å². The minimum absolute atomic E-state index is 0.145. The molecular formula is C14H13ClFN3. The van der Waals surface area contributed by atoms with Crippen molar-refractivity contribution in [2.75, 3.05) is 5.32 Å². The summed E-state index contributed by atoms with van der Waals surface area (Å²) in [6, 6.07) is 4.92. The van der Waals surface area contributed by atoms with Crippen LogP contribution in [0.4, 0.5) is 10.3 Å². The van der Waals surface area contributed by atoms with Gasteiger partial charge in [-0.05, 0) is 43.0 Å². The minimum Gasteiger partial charge on any atom is -0.345 e. The Kier molecular flexibility index (Phi) is 2.90. The fraction of sp³-hybridized carbons (Fsp3) is 0.286. The number of nitrogens with zero attached hydrogens (tertiary/aromatic N) is 2. The normalized spacial score (nSPS) is 16.2. The highest BCUT2D eigenvalue weighted by atomic mass is 35.5. The zero-order chi connectivity index (χ0) is 13.5. The molecule has 1 fully saturated rings. The van der Waals surface area contributed by atoms with Crippen LogP contribution in [0.3, 0.4) is 0 Å². The summed E-state index contributed by atoms with van der Waals surface area (Å²) in [5, 5.41) is 3.43. The van der Waals surface area contributed by atoms with Crippen LogP contribution in [0.15, 0.2) is 30.6 Å². The molecule has 0 bridgehead atoms. The Labute approximate surface area is 115 Å². The molecule has 19 heavy (non-hydrogen) atoms. The molecule has 3 nitrogen and oxygen atoms in total. The van der Waals surface area contributed by atoms with Gasteiger partial charge in [-0.15, -0.1) is 0 Å². The number of nitrogens with one attached hydrogen (secondary N) is 1. The molecule has 1 aromatic heterocycles. The van der Waals surface area contributed by atoms with E-state index < -0.39 is 5.82 Å². The van der Waals surface area contributed by atoms with Gasteiger partial charge in [0.15, 0.2) is 0 Å². The van der Waals surface area contributed by atoms with Crippen molar-refractivity contribution in [1.82, 2.24) is 9.97 Å². The first kappa shape index (κ1) is 12.4. The largest absolute Gasteiger partial charge is 0.345 e. The summed E-state index contributed by atoms with van der Waals surface area (Å²) in [7, 11) is 0. The SMILES string of the molecule is Cc1cnc(NC2(c3ccc(Cl)c(F)c3)CC2)nc1. The molecule has 1 aliphatic rings. The lowest BCUT2D eigenvalue weighted by Crippen LogP contribution is -2.20. The number of hydrogen-bond acceptors (Lipinski definition) is 3. The Bertz CT molecular complexity index is 609. The number of aromatic nitrogens is 2. The third-order valence-corrected chi connectivity index (χ3v) is 3.66. The van der Waals surface area contributed by atoms with E-state index >= 15 is 0 Å². The molecule has 1 heterocycles. The zero-order valence-electron chi connectivity index (χ0n) is 10.5. The Morgan fingerprint density at radius 3 is 2.53 bits per heavy atom. The van der Waals surface area contributed by atoms with Gasteiger partial charge in [0.2, 0.25) is 5.95 Å². The predicted octanol–water partition coefficient (Wildman–Crippen LogP) is 3.68. The van der Waals surface area contributed by atoms with Crippen molar-refractivity contribution in [3.05, 3.63) is 52.6 Å². The van der Waals surface area contributed by atoms with E-state index in [-0.39, 0.29) is 10.6 Å². The third kappa shape index (κ3) is 2.40. The van der Waals surface area contributed by atoms with E-state index in [1.807, 2.05) is 13.0 Å². The molecule has 0 atom stereocenters. The van der Waals surface area contributed by atoms with Crippen LogP contribution in [-0.2, 0) is 5.54 Å². The van der Waals surface area contributed by atoms with Crippen LogP contribution in [0.1, 0.15) is 24.0 Å². The molecule has 1 saturated carbocycles. The Hall–Kier alpha value is -1.68. The first-order chi connectivity index (χ1) is 9.09. The van der Waals surface area contributed by atoms with E-state index in [9.17, 15) is 4.39 Å². The van der Waals surface area contributed by atoms with Gasteiger partial charge < -0.3 is 5.32 Å². The van der Waals surface area contributed by atoms with Crippen molar-refractivity contribution in [3.63, 3.8) is 0 Å². The highest BCUT2D eigenvalue weighted by molar-refractivity contribution is 6.30. The molecule has 0 saturated heterocycles. The molecule has 2 aromatic rings. The number of aryl methyl sites for hydroxylation is 1. The smallest absolute Gasteiger partial charge is 0.223 e. The van der Waals surface area contributed by atoms with Crippen molar-refractivity contribution in [3.8, 4) is 0 Å². The van der Waals surface area contributed by atoms with Gasteiger partial charge in [0.05, 0.1) is 10.6 Å². The predicted molar refractivity (Wildman–Crippen MR) is 72.7 cm³/mol. The van der Waals surface area contributed by atoms with Crippen LogP contribution in [0.2, 0.25) is 5.02 Å². The van der Waals surface area contributed by atoms with E-state index in [4.69, 9.17) is 11.6 Å². The second kappa shape index (κ2) is 4.46. The van der Waals surface area contributed by atoms with Gasteiger partial charge in [0.1, 0.15) is 5.82 Å². The van der Waals surface area contributed by atoms with Crippen LogP contribution in [0.25, 0.3) is 0 Å². The van der Waals surface area contributed by atoms with E-state index in [0.29, 0.717) is 5.95 Å². The lowest BCUT2D eigenvalue weighted by Gasteiger charge is -2.18. The maximum atomic E-state index is 13.5. The second-order valence-electron chi connectivity index (χ2n) is 4.92. The van der Waals surface area contributed by atoms with Gasteiger partial charge in [0, 0.05) is 12.4 Å². The van der Waals surface area contributed by atoms with Crippen LogP contribution >= 0.6 is 11.6 Å². The zero-order valence-corrected chi connectivity index (χ0v) is 11.2. The number of rotatable bonds is 3. The van der Waals surface area contributed by atoms with Gasteiger partial charge in [0.25, 0.3) is 0 Å². The maximum Gasteiger partial charge on any atom is 0.223 e. The monoisotopic (exact) mass is 277 g/mol. The van der Waals surface area contributed by atoms with E-state index in [1.165, 1.54) is 6.07 Å². The van der Waals surface area contributed by atoms with Crippen molar-refractivity contribution < 1.29 is 4.39 Å². The number of benzene rings is 1. The molecule has 0 aliphatic heterocycles. The molecule has 3 rings (SSSR count). The summed E-state index contributed by atoms with van der Waals surface area (Å²) in [6.07, 6.45) is 5.39. The topological polar surface area (TPSA) is 37.8 Å². The summed E-state index contributed by atoms with van der Waals surface area (Å²) >= 11 is 5.71. The van der Waals surface area contributed by atoms with Crippen molar-refractivity contribution in [2.45, 2.75) is 25.3 Å². The Morgan fingerprint density at radius 2 is 1.95 bits per heavy atom. The molecule has 0 unspecified atom stereocenters. The molecule has 5 heteroatoms. The molecule has 1 aliphatic carbocycles. The summed E-state index contributed by atoms with van der Waals surface area (Å²) in [4.78, 5) is 8.45. The Balaban J connectivity index is 1.86. The first-order valence-electron chi connectivity index (χ1n) is 6.11. The number of anilines is 1. The highest BCUT2D eigenvalue weighted by Crippen LogP contribution is 2.48. The molecule has 0 amide bonds. The molecule has 1 aromatic carbocycles. The van der Waals surface area contributed by atoms with Crippen molar-refractivity contribution in [2.24, 2.45) is 0 Å². The minimum atomic E-state index is -0.392. The van der Waals surface area contributed by atoms with Crippen LogP contribution < -0.4 is 5.32 Å². The van der Waals surface area contributed by atoms with Gasteiger partial charge in [-0.3, -0.25) is 0 Å². The Morgan fingerprint density at radius 1 is 1.26 bits per heavy atom. The molecule has 98 valence electrons. The lowest BCUT2D eigenvalue weighted by atomic mass is 10.1. The molecule has 1 N–H and O–H groups in total. The summed E-state index contributed by atoms with van der Waals surface area (Å²) in [5.41, 5.74) is 1.65. The summed E-state index contributed by atoms with van der Waals surface area (Å²) in [6.45, 7) is 1.94. The van der Waals surface area contributed by atoms with E-state index in [1.54, 1.807) is 18.5 Å². The average molecular weight is 278 g/mol. The summed E-state index contributed by atoms with van der Waals surface area (Å²) in [5.74, 6) is 0.176. The fourth-order valence-corrected chi connectivity index (χ4v) is 2.19. The van der Waals surface area contributed by atoms with Crippen molar-refractivity contribution in [1.29, 1.82) is 0 Å². The van der Waals surface area contributed by atoms with Crippen molar-refractivity contribution >= 4 is 17.5 Å². The lowest BCUT2D eigenvalue weighted by molar-refractivity contribution is 0.621. The van der Waals surface area contributed by atoms with Crippen LogP contribution in [0.5, 0.6) is 0 Å². The van der Waals surface area contributed by atoms with E-state index in [0.717, 1.165) is 24.0 Å². The quantitative estimate of drug-likeness (QED) is 0.930. The van der Waals surface area contributed by atoms with Gasteiger partial charge >= 0.3 is 0 Å². The summed E-state index contributed by atoms with van der Waals surface area (Å²) < 4.78 is 13.5. The van der Waals surface area contributed by atoms with Gasteiger partial charge in [-0.2, -0.15) is 0 Å². The fourth-order valence-electron chi connectivity index (χ4n) is 2.08. The maximum absolute atomic E-state index is 13.5. The van der Waals surface area contributed by atoms with Gasteiger partial charge in [-0.25, -0.2) is 14.4 Å². The van der Waals surface area contributed by atoms with Gasteiger partial charge in [-0.1, -0.05) is 17.7 Å². The second-order valence-corrected chi connectivity index (χ2v) is 5.33. The number of hydrogen-bond donors (Lipinski definition) is 1. The standard InChI is InChI=1S/C14H13ClFN3/c1-9-7-17-13(18-8-9)19-14(4-5-14)10-2-3-11(15)12(16)6-10/h2-3,6-8H,4-5H2,1H3,(H,17,18,19). The van der Waals surface area contributed by atoms with Crippen LogP contribution in [0, 0.1) is 12.7 Å². The third-order valence-electron chi connectivity index (χ3n) is 3.35. The highest BCUT2D eigenvalue weighted by Gasteiger charge is 2.45. The molecular weight excluding hydrogens is 265 g/mol. The average Bonchev–Trinajstić information content (AvgIpc) is 3.16. The number of halogens is 2. The first-order valence-corrected chi connectivity index (χ1v) is 6.49.